The molecule has 1 aliphatic carbocycles. The van der Waals surface area contributed by atoms with Crippen LogP contribution < -0.4 is 0 Å². The van der Waals surface area contributed by atoms with Crippen LogP contribution in [0.25, 0.3) is 0 Å². The Labute approximate surface area is 81.9 Å². The Morgan fingerprint density at radius 3 is 2.93 bits per heavy atom. The molecule has 4 heteroatoms. The molecule has 0 fully saturated rings. The molecule has 1 aromatic heterocycles. The zero-order valence-electron chi connectivity index (χ0n) is 8.33. The molecule has 0 saturated heterocycles. The predicted molar refractivity (Wildman–Crippen MR) is 49.3 cm³/mol. The van der Waals surface area contributed by atoms with E-state index in [1.54, 1.807) is 0 Å². The van der Waals surface area contributed by atoms with Gasteiger partial charge in [0.15, 0.2) is 0 Å². The number of aryl methyl sites for hydroxylation is 1. The standard InChI is InChI=1S/C10H13NO3/c1-10(2)4-3-7-6(5-10)11-8(14-7)9(12)13/h3-5H2,1-2H3,(H,12,13). The van der Waals surface area contributed by atoms with Gasteiger partial charge in [0.1, 0.15) is 5.76 Å². The summed E-state index contributed by atoms with van der Waals surface area (Å²) in [6, 6.07) is 0. The molecule has 1 aliphatic rings. The van der Waals surface area contributed by atoms with E-state index in [2.05, 4.69) is 18.8 Å². The van der Waals surface area contributed by atoms with E-state index in [-0.39, 0.29) is 11.3 Å². The van der Waals surface area contributed by atoms with E-state index in [9.17, 15) is 4.79 Å². The number of carbonyl (C=O) groups is 1. The van der Waals surface area contributed by atoms with Gasteiger partial charge in [0, 0.05) is 6.42 Å². The molecule has 0 saturated carbocycles. The minimum Gasteiger partial charge on any atom is -0.474 e. The van der Waals surface area contributed by atoms with Crippen molar-refractivity contribution in [1.29, 1.82) is 0 Å². The van der Waals surface area contributed by atoms with Crippen molar-refractivity contribution in [3.8, 4) is 0 Å². The third-order valence-electron chi connectivity index (χ3n) is 2.64. The first-order valence-corrected chi connectivity index (χ1v) is 4.70. The molecule has 76 valence electrons. The molecule has 0 spiro atoms. The van der Waals surface area contributed by atoms with Gasteiger partial charge < -0.3 is 9.52 Å². The highest BCUT2D eigenvalue weighted by molar-refractivity contribution is 5.82. The highest BCUT2D eigenvalue weighted by Crippen LogP contribution is 2.34. The SMILES string of the molecule is CC1(C)CCc2oc(C(=O)O)nc2C1. The lowest BCUT2D eigenvalue weighted by molar-refractivity contribution is 0.0651. The van der Waals surface area contributed by atoms with Crippen molar-refractivity contribution < 1.29 is 14.3 Å². The molecule has 0 amide bonds. The van der Waals surface area contributed by atoms with Gasteiger partial charge in [0.2, 0.25) is 0 Å². The van der Waals surface area contributed by atoms with Crippen LogP contribution in [-0.4, -0.2) is 16.1 Å². The van der Waals surface area contributed by atoms with Gasteiger partial charge in [-0.1, -0.05) is 13.8 Å². The maximum Gasteiger partial charge on any atom is 0.392 e. The maximum atomic E-state index is 10.6. The Morgan fingerprint density at radius 2 is 2.29 bits per heavy atom. The van der Waals surface area contributed by atoms with E-state index in [1.807, 2.05) is 0 Å². The largest absolute Gasteiger partial charge is 0.474 e. The van der Waals surface area contributed by atoms with Crippen molar-refractivity contribution in [2.24, 2.45) is 5.41 Å². The van der Waals surface area contributed by atoms with Crippen LogP contribution in [0.5, 0.6) is 0 Å². The molecular formula is C10H13NO3. The van der Waals surface area contributed by atoms with Crippen LogP contribution >= 0.6 is 0 Å². The van der Waals surface area contributed by atoms with Crippen LogP contribution in [0, 0.1) is 5.41 Å². The fraction of sp³-hybridized carbons (Fsp3) is 0.600. The molecule has 0 atom stereocenters. The molecule has 14 heavy (non-hydrogen) atoms. The van der Waals surface area contributed by atoms with Crippen LogP contribution in [0.2, 0.25) is 0 Å². The van der Waals surface area contributed by atoms with Gasteiger partial charge in [-0.2, -0.15) is 0 Å². The number of aromatic carboxylic acids is 1. The summed E-state index contributed by atoms with van der Waals surface area (Å²) in [5.41, 5.74) is 1.03. The molecule has 0 unspecified atom stereocenters. The second-order valence-corrected chi connectivity index (χ2v) is 4.54. The first kappa shape index (κ1) is 9.24. The highest BCUT2D eigenvalue weighted by atomic mass is 16.4. The molecule has 0 aromatic carbocycles. The number of hydrogen-bond acceptors (Lipinski definition) is 3. The van der Waals surface area contributed by atoms with Gasteiger partial charge >= 0.3 is 11.9 Å². The fourth-order valence-corrected chi connectivity index (χ4v) is 1.80. The van der Waals surface area contributed by atoms with Crippen molar-refractivity contribution in [3.05, 3.63) is 17.3 Å². The molecule has 0 aliphatic heterocycles. The average Bonchev–Trinajstić information content (AvgIpc) is 2.45. The quantitative estimate of drug-likeness (QED) is 0.743. The molecule has 2 rings (SSSR count). The Balaban J connectivity index is 2.34. The molecule has 4 nitrogen and oxygen atoms in total. The molecule has 0 bridgehead atoms. The lowest BCUT2D eigenvalue weighted by Crippen LogP contribution is -2.21. The van der Waals surface area contributed by atoms with Crippen molar-refractivity contribution in [2.75, 3.05) is 0 Å². The monoisotopic (exact) mass is 195 g/mol. The summed E-state index contributed by atoms with van der Waals surface area (Å²) in [7, 11) is 0. The number of carboxylic acids is 1. The summed E-state index contributed by atoms with van der Waals surface area (Å²) in [5.74, 6) is -0.508. The number of rotatable bonds is 1. The minimum absolute atomic E-state index is 0.173. The van der Waals surface area contributed by atoms with Crippen LogP contribution in [0.3, 0.4) is 0 Å². The zero-order valence-corrected chi connectivity index (χ0v) is 8.33. The lowest BCUT2D eigenvalue weighted by Gasteiger charge is -2.27. The number of aromatic nitrogens is 1. The summed E-state index contributed by atoms with van der Waals surface area (Å²) in [6.45, 7) is 4.32. The van der Waals surface area contributed by atoms with Crippen LogP contribution in [0.1, 0.15) is 42.4 Å². The Hall–Kier alpha value is -1.32. The van der Waals surface area contributed by atoms with Crippen molar-refractivity contribution >= 4 is 5.97 Å². The number of oxazole rings is 1. The summed E-state index contributed by atoms with van der Waals surface area (Å²) < 4.78 is 5.15. The normalized spacial score (nSPS) is 19.0. The Bertz CT molecular complexity index is 379. The summed E-state index contributed by atoms with van der Waals surface area (Å²) in [6.07, 6.45) is 2.62. The van der Waals surface area contributed by atoms with E-state index < -0.39 is 5.97 Å². The Morgan fingerprint density at radius 1 is 1.57 bits per heavy atom. The maximum absolute atomic E-state index is 10.6. The third-order valence-corrected chi connectivity index (χ3v) is 2.64. The van der Waals surface area contributed by atoms with Crippen LogP contribution in [0.4, 0.5) is 0 Å². The van der Waals surface area contributed by atoms with Gasteiger partial charge in [-0.15, -0.1) is 0 Å². The second kappa shape index (κ2) is 2.83. The van der Waals surface area contributed by atoms with Crippen LogP contribution in [0.15, 0.2) is 4.42 Å². The molecule has 0 radical (unpaired) electrons. The van der Waals surface area contributed by atoms with Crippen LogP contribution in [-0.2, 0) is 12.8 Å². The van der Waals surface area contributed by atoms with E-state index in [4.69, 9.17) is 9.52 Å². The summed E-state index contributed by atoms with van der Waals surface area (Å²) in [5, 5.41) is 8.71. The van der Waals surface area contributed by atoms with Gasteiger partial charge in [-0.05, 0) is 18.3 Å². The minimum atomic E-state index is -1.09. The number of carboxylic acid groups (broad SMARTS) is 1. The first-order chi connectivity index (χ1) is 6.48. The fourth-order valence-electron chi connectivity index (χ4n) is 1.80. The molecule has 1 N–H and O–H groups in total. The van der Waals surface area contributed by atoms with Crippen molar-refractivity contribution in [3.63, 3.8) is 0 Å². The molecule has 1 aromatic rings. The van der Waals surface area contributed by atoms with E-state index >= 15 is 0 Å². The summed E-state index contributed by atoms with van der Waals surface area (Å²) >= 11 is 0. The lowest BCUT2D eigenvalue weighted by atomic mass is 9.78. The first-order valence-electron chi connectivity index (χ1n) is 4.70. The van der Waals surface area contributed by atoms with Crippen molar-refractivity contribution in [1.82, 2.24) is 4.98 Å². The topological polar surface area (TPSA) is 63.3 Å². The number of nitrogens with zero attached hydrogens (tertiary/aromatic N) is 1. The highest BCUT2D eigenvalue weighted by Gasteiger charge is 2.30. The van der Waals surface area contributed by atoms with Gasteiger partial charge in [0.25, 0.3) is 0 Å². The van der Waals surface area contributed by atoms with E-state index in [0.717, 1.165) is 30.7 Å². The van der Waals surface area contributed by atoms with Gasteiger partial charge in [0.05, 0.1) is 5.69 Å². The summed E-state index contributed by atoms with van der Waals surface area (Å²) in [4.78, 5) is 14.6. The smallest absolute Gasteiger partial charge is 0.392 e. The third kappa shape index (κ3) is 1.52. The zero-order chi connectivity index (χ0) is 10.3. The number of hydrogen-bond donors (Lipinski definition) is 1. The Kier molecular flexibility index (Phi) is 1.87. The molecule has 1 heterocycles. The van der Waals surface area contributed by atoms with E-state index in [0.29, 0.717) is 0 Å². The average molecular weight is 195 g/mol. The second-order valence-electron chi connectivity index (χ2n) is 4.54. The number of fused-ring (bicyclic) bond motifs is 1. The van der Waals surface area contributed by atoms with E-state index in [1.165, 1.54) is 0 Å². The van der Waals surface area contributed by atoms with Crippen molar-refractivity contribution in [2.45, 2.75) is 33.1 Å². The molecular weight excluding hydrogens is 182 g/mol. The van der Waals surface area contributed by atoms with Gasteiger partial charge in [-0.3, -0.25) is 0 Å². The van der Waals surface area contributed by atoms with Gasteiger partial charge in [-0.25, -0.2) is 9.78 Å². The predicted octanol–water partition coefficient (Wildman–Crippen LogP) is 1.89.